The van der Waals surface area contributed by atoms with Gasteiger partial charge in [-0.1, -0.05) is 18.2 Å². The predicted octanol–water partition coefficient (Wildman–Crippen LogP) is 4.29. The Balaban J connectivity index is 1.37. The molecule has 1 N–H and O–H groups in total. The number of nitrogens with zero attached hydrogens (tertiary/aromatic N) is 3. The lowest BCUT2D eigenvalue weighted by Gasteiger charge is -2.14. The van der Waals surface area contributed by atoms with Crippen molar-refractivity contribution in [2.24, 2.45) is 7.05 Å². The first-order valence-corrected chi connectivity index (χ1v) is 10.8. The van der Waals surface area contributed by atoms with Crippen LogP contribution in [0.1, 0.15) is 33.0 Å². The van der Waals surface area contributed by atoms with Crippen LogP contribution in [0.5, 0.6) is 5.75 Å². The summed E-state index contributed by atoms with van der Waals surface area (Å²) < 4.78 is 8.04. The summed E-state index contributed by atoms with van der Waals surface area (Å²) in [7, 11) is 1.83. The molecule has 0 spiro atoms. The molecule has 1 aliphatic rings. The molecule has 1 amide bonds. The maximum absolute atomic E-state index is 12.5. The number of amides is 1. The first-order valence-electron chi connectivity index (χ1n) is 10.8. The molecule has 4 aromatic rings. The van der Waals surface area contributed by atoms with Crippen LogP contribution < -0.4 is 10.1 Å². The van der Waals surface area contributed by atoms with Crippen molar-refractivity contribution in [3.8, 4) is 16.9 Å². The van der Waals surface area contributed by atoms with Crippen LogP contribution in [0, 0.1) is 20.8 Å². The summed E-state index contributed by atoms with van der Waals surface area (Å²) in [6.07, 6.45) is 0.656. The van der Waals surface area contributed by atoms with E-state index in [1.54, 1.807) is 10.7 Å². The Bertz CT molecular complexity index is 1340. The second kappa shape index (κ2) is 7.79. The van der Waals surface area contributed by atoms with Gasteiger partial charge in [0.05, 0.1) is 12.1 Å². The highest BCUT2D eigenvalue weighted by molar-refractivity contribution is 5.92. The summed E-state index contributed by atoms with van der Waals surface area (Å²) >= 11 is 0. The molecule has 0 radical (unpaired) electrons. The normalized spacial score (nSPS) is 14.9. The van der Waals surface area contributed by atoms with Gasteiger partial charge in [-0.15, -0.1) is 0 Å². The molecule has 32 heavy (non-hydrogen) atoms. The number of hydrogen-bond donors (Lipinski definition) is 1. The Kier molecular flexibility index (Phi) is 4.93. The summed E-state index contributed by atoms with van der Waals surface area (Å²) in [5.74, 6) is 0.727. The molecule has 3 heterocycles. The Morgan fingerprint density at radius 3 is 2.75 bits per heavy atom. The van der Waals surface area contributed by atoms with Crippen LogP contribution in [-0.4, -0.2) is 33.3 Å². The molecule has 1 unspecified atom stereocenters. The number of carbonyl (C=O) groups excluding carboxylic acids is 1. The minimum absolute atomic E-state index is 0.107. The first-order chi connectivity index (χ1) is 15.4. The second-order valence-corrected chi connectivity index (χ2v) is 8.61. The van der Waals surface area contributed by atoms with Gasteiger partial charge in [0.15, 0.2) is 0 Å². The van der Waals surface area contributed by atoms with E-state index in [1.165, 1.54) is 11.1 Å². The fraction of sp³-hybridized carbons (Fsp3) is 0.269. The van der Waals surface area contributed by atoms with E-state index in [-0.39, 0.29) is 12.0 Å². The van der Waals surface area contributed by atoms with Crippen molar-refractivity contribution >= 4 is 16.8 Å². The molecule has 6 nitrogen and oxygen atoms in total. The lowest BCUT2D eigenvalue weighted by atomic mass is 9.97. The zero-order chi connectivity index (χ0) is 22.4. The van der Waals surface area contributed by atoms with Gasteiger partial charge in [-0.2, -0.15) is 5.10 Å². The van der Waals surface area contributed by atoms with Gasteiger partial charge in [0.25, 0.3) is 5.91 Å². The van der Waals surface area contributed by atoms with Crippen molar-refractivity contribution in [2.75, 3.05) is 6.54 Å². The van der Waals surface area contributed by atoms with E-state index in [4.69, 9.17) is 4.74 Å². The molecule has 0 saturated carbocycles. The van der Waals surface area contributed by atoms with Gasteiger partial charge in [0.1, 0.15) is 17.5 Å². The summed E-state index contributed by atoms with van der Waals surface area (Å²) in [6, 6.07) is 16.6. The van der Waals surface area contributed by atoms with Crippen LogP contribution in [0.4, 0.5) is 0 Å². The maximum Gasteiger partial charge on any atom is 0.271 e. The topological polar surface area (TPSA) is 69.0 Å². The highest BCUT2D eigenvalue weighted by Crippen LogP contribution is 2.40. The fourth-order valence-electron chi connectivity index (χ4n) is 4.28. The molecule has 1 atom stereocenters. The number of ether oxygens (including phenoxy) is 1. The lowest BCUT2D eigenvalue weighted by Crippen LogP contribution is -2.34. The Hall–Kier alpha value is -3.67. The van der Waals surface area contributed by atoms with Crippen molar-refractivity contribution in [1.82, 2.24) is 20.1 Å². The number of pyridine rings is 1. The Morgan fingerprint density at radius 2 is 1.97 bits per heavy atom. The van der Waals surface area contributed by atoms with Gasteiger partial charge >= 0.3 is 0 Å². The average Bonchev–Trinajstić information content (AvgIpc) is 3.33. The van der Waals surface area contributed by atoms with Crippen LogP contribution in [0.3, 0.4) is 0 Å². The van der Waals surface area contributed by atoms with Crippen LogP contribution >= 0.6 is 0 Å². The minimum Gasteiger partial charge on any atom is -0.487 e. The lowest BCUT2D eigenvalue weighted by molar-refractivity contribution is 0.0928. The van der Waals surface area contributed by atoms with E-state index < -0.39 is 0 Å². The molecule has 0 fully saturated rings. The number of carbonyl (C=O) groups is 1. The van der Waals surface area contributed by atoms with Crippen molar-refractivity contribution in [1.29, 1.82) is 0 Å². The van der Waals surface area contributed by atoms with Crippen molar-refractivity contribution in [3.05, 3.63) is 76.7 Å². The van der Waals surface area contributed by atoms with Gasteiger partial charge in [0.2, 0.25) is 0 Å². The van der Waals surface area contributed by atoms with E-state index in [9.17, 15) is 4.79 Å². The highest BCUT2D eigenvalue weighted by atomic mass is 16.5. The van der Waals surface area contributed by atoms with Crippen LogP contribution in [0.2, 0.25) is 0 Å². The number of benzene rings is 2. The molecular weight excluding hydrogens is 400 g/mol. The zero-order valence-electron chi connectivity index (χ0n) is 18.8. The van der Waals surface area contributed by atoms with Gasteiger partial charge in [-0.05, 0) is 67.8 Å². The molecule has 2 aromatic heterocycles. The van der Waals surface area contributed by atoms with E-state index in [1.807, 2.05) is 27.0 Å². The molecule has 1 aliphatic heterocycles. The Labute approximate surface area is 187 Å². The largest absolute Gasteiger partial charge is 0.487 e. The first kappa shape index (κ1) is 20.2. The van der Waals surface area contributed by atoms with E-state index in [0.29, 0.717) is 12.2 Å². The third-order valence-corrected chi connectivity index (χ3v) is 6.02. The molecular formula is C26H26N4O2. The van der Waals surface area contributed by atoms with Crippen LogP contribution in [-0.2, 0) is 13.5 Å². The number of fused-ring (bicyclic) bond motifs is 2. The predicted molar refractivity (Wildman–Crippen MR) is 125 cm³/mol. The van der Waals surface area contributed by atoms with Crippen molar-refractivity contribution in [2.45, 2.75) is 33.3 Å². The zero-order valence-corrected chi connectivity index (χ0v) is 18.8. The molecule has 2 aromatic carbocycles. The van der Waals surface area contributed by atoms with Crippen LogP contribution in [0.25, 0.3) is 22.0 Å². The Morgan fingerprint density at radius 1 is 1.12 bits per heavy atom. The standard InChI is InChI=1S/C26H26N4O2/c1-15-9-20-13-21(14-27-26(31)24-11-17(3)30(4)29-24)32-25(20)22(10-15)18-7-8-23-19(12-18)6-5-16(2)28-23/h5-12,21H,13-14H2,1-4H3,(H,27,31). The van der Waals surface area contributed by atoms with E-state index in [0.717, 1.165) is 45.6 Å². The molecule has 0 saturated heterocycles. The number of rotatable bonds is 4. The number of aromatic nitrogens is 3. The SMILES string of the molecule is Cc1cc2c(c(-c3ccc4nc(C)ccc4c3)c1)OC(CNC(=O)c1cc(C)n(C)n1)C2. The quantitative estimate of drug-likeness (QED) is 0.528. The monoisotopic (exact) mass is 426 g/mol. The highest BCUT2D eigenvalue weighted by Gasteiger charge is 2.27. The maximum atomic E-state index is 12.5. The van der Waals surface area contributed by atoms with Crippen molar-refractivity contribution in [3.63, 3.8) is 0 Å². The van der Waals surface area contributed by atoms with Gasteiger partial charge in [-0.3, -0.25) is 14.5 Å². The fourth-order valence-corrected chi connectivity index (χ4v) is 4.28. The number of nitrogens with one attached hydrogen (secondary N) is 1. The smallest absolute Gasteiger partial charge is 0.271 e. The van der Waals surface area contributed by atoms with Crippen LogP contribution in [0.15, 0.2) is 48.5 Å². The summed E-state index contributed by atoms with van der Waals surface area (Å²) in [5, 5.41) is 8.33. The third kappa shape index (κ3) is 3.73. The second-order valence-electron chi connectivity index (χ2n) is 8.61. The van der Waals surface area contributed by atoms with E-state index >= 15 is 0 Å². The van der Waals surface area contributed by atoms with Crippen molar-refractivity contribution < 1.29 is 9.53 Å². The number of hydrogen-bond acceptors (Lipinski definition) is 4. The minimum atomic E-state index is -0.179. The summed E-state index contributed by atoms with van der Waals surface area (Å²) in [6.45, 7) is 6.47. The van der Waals surface area contributed by atoms with E-state index in [2.05, 4.69) is 58.7 Å². The summed E-state index contributed by atoms with van der Waals surface area (Å²) in [4.78, 5) is 17.1. The van der Waals surface area contributed by atoms with Gasteiger partial charge in [-0.25, -0.2) is 0 Å². The molecule has 5 rings (SSSR count). The van der Waals surface area contributed by atoms with Gasteiger partial charge in [0, 0.05) is 35.8 Å². The summed E-state index contributed by atoms with van der Waals surface area (Å²) in [5.41, 5.74) is 7.93. The average molecular weight is 427 g/mol. The molecule has 162 valence electrons. The molecule has 0 bridgehead atoms. The molecule has 6 heteroatoms. The third-order valence-electron chi connectivity index (χ3n) is 6.02. The number of aryl methyl sites for hydroxylation is 4. The molecule has 0 aliphatic carbocycles. The van der Waals surface area contributed by atoms with Gasteiger partial charge < -0.3 is 10.1 Å².